The lowest BCUT2D eigenvalue weighted by Gasteiger charge is -2.34. The maximum atomic E-state index is 15.1. The molecule has 1 aliphatic heterocycles. The Labute approximate surface area is 364 Å². The first-order valence-corrected chi connectivity index (χ1v) is 19.5. The van der Waals surface area contributed by atoms with Gasteiger partial charge < -0.3 is 25.5 Å². The smallest absolute Gasteiger partial charge is 0.333 e. The molecule has 0 aromatic carbocycles. The maximum absolute atomic E-state index is 15.1. The number of nitrogens with zero attached hydrogens (tertiary/aromatic N) is 10. The zero-order chi connectivity index (χ0) is 46.4. The fraction of sp³-hybridized carbons (Fsp3) is 0.233. The number of rotatable bonds is 13. The first-order valence-electron chi connectivity index (χ1n) is 19.5. The molecular weight excluding hydrogens is 859 g/mol. The quantitative estimate of drug-likeness (QED) is 0.0837. The van der Waals surface area contributed by atoms with E-state index < -0.39 is 47.5 Å². The van der Waals surface area contributed by atoms with Gasteiger partial charge in [-0.2, -0.15) is 38.3 Å². The van der Waals surface area contributed by atoms with Gasteiger partial charge in [0.25, 0.3) is 11.8 Å². The Morgan fingerprint density at radius 3 is 2.02 bits per heavy atom. The van der Waals surface area contributed by atoms with Gasteiger partial charge in [0.1, 0.15) is 40.0 Å². The number of H-pyrrole nitrogens is 2. The standard InChI is InChI=1S/C43H34F6N14O2/c1-42(2,18-50)60-39(65)35-11-29(45)9-33(57-35)25-5-23-7-31(27-14-55-63(17-27)41(48)49)59-37(23)61(15-25)21-43(3,19-51)20-53-38(64)34-10-28(44)8-32(56-34)24-4-22-6-30(58-36(22)52-12-24)26-13-54-62(16-26)40(46)47/h4-14,16-17,40-41,59H,15,20-21H2,1-3H3,(H,52,58)(H,53,64)(H,60,65). The molecular formula is C43H34F6N14O2. The Bertz CT molecular complexity index is 3120. The van der Waals surface area contributed by atoms with Crippen LogP contribution in [0.3, 0.4) is 0 Å². The van der Waals surface area contributed by atoms with E-state index in [-0.39, 0.29) is 42.4 Å². The van der Waals surface area contributed by atoms with Crippen molar-refractivity contribution in [3.8, 4) is 45.9 Å². The summed E-state index contributed by atoms with van der Waals surface area (Å²) in [5, 5.41) is 33.0. The van der Waals surface area contributed by atoms with E-state index in [1.165, 1.54) is 38.6 Å². The molecule has 7 aromatic rings. The van der Waals surface area contributed by atoms with E-state index in [1.54, 1.807) is 36.1 Å². The van der Waals surface area contributed by atoms with Crippen molar-refractivity contribution in [3.63, 3.8) is 0 Å². The first-order chi connectivity index (χ1) is 30.9. The number of hydrogen-bond acceptors (Lipinski definition) is 10. The molecule has 0 saturated heterocycles. The summed E-state index contributed by atoms with van der Waals surface area (Å²) in [6.07, 6.45) is 7.88. The van der Waals surface area contributed by atoms with Crippen molar-refractivity contribution < 1.29 is 35.9 Å². The topological polar surface area (TPSA) is 215 Å². The zero-order valence-corrected chi connectivity index (χ0v) is 34.3. The van der Waals surface area contributed by atoms with Gasteiger partial charge in [-0.05, 0) is 56.7 Å². The van der Waals surface area contributed by atoms with Gasteiger partial charge in [-0.1, -0.05) is 0 Å². The van der Waals surface area contributed by atoms with Crippen molar-refractivity contribution >= 4 is 40.3 Å². The highest BCUT2D eigenvalue weighted by Gasteiger charge is 2.33. The number of aromatic amines is 2. The van der Waals surface area contributed by atoms with Crippen LogP contribution >= 0.6 is 0 Å². The molecule has 0 bridgehead atoms. The summed E-state index contributed by atoms with van der Waals surface area (Å²) in [5.74, 6) is -2.76. The van der Waals surface area contributed by atoms with E-state index in [0.717, 1.165) is 30.5 Å². The van der Waals surface area contributed by atoms with Crippen LogP contribution in [0.4, 0.5) is 32.2 Å². The van der Waals surface area contributed by atoms with E-state index in [2.05, 4.69) is 51.8 Å². The van der Waals surface area contributed by atoms with Gasteiger partial charge >= 0.3 is 13.1 Å². The van der Waals surface area contributed by atoms with Crippen LogP contribution in [-0.4, -0.2) is 81.5 Å². The van der Waals surface area contributed by atoms with Crippen LogP contribution in [0.25, 0.3) is 56.5 Å². The Hall–Kier alpha value is -8.27. The molecule has 0 aliphatic carbocycles. The number of nitrogens with one attached hydrogen (secondary N) is 4. The number of amides is 2. The van der Waals surface area contributed by atoms with Crippen molar-refractivity contribution in [2.75, 3.05) is 24.5 Å². The predicted octanol–water partition coefficient (Wildman–Crippen LogP) is 7.50. The van der Waals surface area contributed by atoms with Gasteiger partial charge in [0.2, 0.25) is 0 Å². The number of nitriles is 2. The summed E-state index contributed by atoms with van der Waals surface area (Å²) in [4.78, 5) is 47.7. The van der Waals surface area contributed by atoms with Crippen LogP contribution in [0.2, 0.25) is 0 Å². The van der Waals surface area contributed by atoms with Gasteiger partial charge in [-0.25, -0.2) is 33.1 Å². The van der Waals surface area contributed by atoms with Crippen molar-refractivity contribution in [2.45, 2.75) is 39.4 Å². The largest absolute Gasteiger partial charge is 0.352 e. The van der Waals surface area contributed by atoms with Gasteiger partial charge in [0.05, 0.1) is 52.7 Å². The number of carbonyl (C=O) groups is 2. The molecule has 330 valence electrons. The third kappa shape index (κ3) is 9.13. The van der Waals surface area contributed by atoms with E-state index in [4.69, 9.17) is 0 Å². The fourth-order valence-corrected chi connectivity index (χ4v) is 7.11. The first kappa shape index (κ1) is 43.4. The van der Waals surface area contributed by atoms with E-state index in [0.29, 0.717) is 65.4 Å². The van der Waals surface area contributed by atoms with Crippen molar-refractivity contribution in [1.82, 2.24) is 55.1 Å². The molecule has 1 aliphatic rings. The minimum atomic E-state index is -2.90. The van der Waals surface area contributed by atoms with E-state index >= 15 is 8.78 Å². The summed E-state index contributed by atoms with van der Waals surface area (Å²) in [6, 6.07) is 13.2. The molecule has 2 amide bonds. The molecule has 1 unspecified atom stereocenters. The number of hydrogen-bond donors (Lipinski definition) is 4. The molecule has 8 heterocycles. The van der Waals surface area contributed by atoms with Crippen molar-refractivity contribution in [3.05, 3.63) is 108 Å². The van der Waals surface area contributed by atoms with E-state index in [9.17, 15) is 37.7 Å². The summed E-state index contributed by atoms with van der Waals surface area (Å²) in [7, 11) is 0. The Kier molecular flexibility index (Phi) is 11.2. The Morgan fingerprint density at radius 1 is 0.785 bits per heavy atom. The number of pyridine rings is 3. The van der Waals surface area contributed by atoms with Crippen molar-refractivity contribution in [1.29, 1.82) is 10.5 Å². The number of aromatic nitrogens is 9. The van der Waals surface area contributed by atoms with Gasteiger partial charge in [-0.3, -0.25) is 9.59 Å². The number of carbonyl (C=O) groups excluding carboxylic acids is 2. The number of fused-ring (bicyclic) bond motifs is 2. The summed E-state index contributed by atoms with van der Waals surface area (Å²) < 4.78 is 84.3. The van der Waals surface area contributed by atoms with E-state index in [1.807, 2.05) is 6.07 Å². The molecule has 0 saturated carbocycles. The highest BCUT2D eigenvalue weighted by atomic mass is 19.3. The molecule has 8 rings (SSSR count). The van der Waals surface area contributed by atoms with Gasteiger partial charge in [0, 0.05) is 84.1 Å². The Morgan fingerprint density at radius 2 is 1.40 bits per heavy atom. The average Bonchev–Trinajstić information content (AvgIpc) is 4.11. The molecule has 0 fully saturated rings. The highest BCUT2D eigenvalue weighted by Crippen LogP contribution is 2.38. The fourth-order valence-electron chi connectivity index (χ4n) is 7.11. The number of halogens is 6. The molecule has 1 atom stereocenters. The molecule has 65 heavy (non-hydrogen) atoms. The third-order valence-electron chi connectivity index (χ3n) is 10.4. The van der Waals surface area contributed by atoms with Crippen molar-refractivity contribution in [2.24, 2.45) is 5.41 Å². The lowest BCUT2D eigenvalue weighted by atomic mass is 9.90. The molecule has 4 N–H and O–H groups in total. The molecule has 16 nitrogen and oxygen atoms in total. The zero-order valence-electron chi connectivity index (χ0n) is 34.3. The summed E-state index contributed by atoms with van der Waals surface area (Å²) >= 11 is 0. The van der Waals surface area contributed by atoms with Crippen LogP contribution in [0.1, 0.15) is 66.1 Å². The second-order valence-corrected chi connectivity index (χ2v) is 16.0. The van der Waals surface area contributed by atoms with Crippen LogP contribution in [-0.2, 0) is 0 Å². The minimum absolute atomic E-state index is 0.0230. The van der Waals surface area contributed by atoms with Crippen LogP contribution in [0, 0.1) is 39.7 Å². The maximum Gasteiger partial charge on any atom is 0.333 e. The lowest BCUT2D eigenvalue weighted by molar-refractivity contribution is 0.0562. The van der Waals surface area contributed by atoms with Crippen LogP contribution < -0.4 is 15.5 Å². The number of alkyl halides is 4. The van der Waals surface area contributed by atoms with Crippen LogP contribution in [0.15, 0.2) is 73.4 Å². The van der Waals surface area contributed by atoms with Gasteiger partial charge in [0.15, 0.2) is 0 Å². The third-order valence-corrected chi connectivity index (χ3v) is 10.4. The SMILES string of the molecule is CC(C#N)(CNC(=O)c1cc(F)cc(-c2cnc3[nH]c(-c4cnn(C(F)F)c4)cc3c2)n1)CN1CC(c2cc(F)cc(C(=O)NC(C)(C)C#N)n2)=Cc2cc(-c3cnn(C(F)F)c3)[nH]c21. The summed E-state index contributed by atoms with van der Waals surface area (Å²) in [5.41, 5.74) is -0.0191. The predicted molar refractivity (Wildman–Crippen MR) is 223 cm³/mol. The molecule has 22 heteroatoms. The minimum Gasteiger partial charge on any atom is -0.352 e. The highest BCUT2D eigenvalue weighted by molar-refractivity contribution is 5.96. The second-order valence-electron chi connectivity index (χ2n) is 16.0. The molecule has 7 aromatic heterocycles. The van der Waals surface area contributed by atoms with Crippen LogP contribution in [0.5, 0.6) is 0 Å². The second kappa shape index (κ2) is 16.8. The van der Waals surface area contributed by atoms with Gasteiger partial charge in [-0.15, -0.1) is 0 Å². The monoisotopic (exact) mass is 892 g/mol. The Balaban J connectivity index is 1.04. The molecule has 0 spiro atoms. The normalized spacial score (nSPS) is 13.6. The number of anilines is 1. The molecule has 0 radical (unpaired) electrons. The lowest BCUT2D eigenvalue weighted by Crippen LogP contribution is -2.44. The summed E-state index contributed by atoms with van der Waals surface area (Å²) in [6.45, 7) is -1.63. The average molecular weight is 893 g/mol.